The number of methoxy groups -OCH3 is 1. The minimum atomic E-state index is -0.336. The molecule has 1 heterocycles. The molecule has 0 radical (unpaired) electrons. The summed E-state index contributed by atoms with van der Waals surface area (Å²) in [4.78, 5) is 11.7. The van der Waals surface area contributed by atoms with Crippen molar-refractivity contribution in [2.75, 3.05) is 7.11 Å². The van der Waals surface area contributed by atoms with Crippen LogP contribution in [0, 0.1) is 5.92 Å². The molecular weight excluding hydrogens is 319 g/mol. The number of rotatable bonds is 4. The highest BCUT2D eigenvalue weighted by Gasteiger charge is 2.43. The lowest BCUT2D eigenvalue weighted by molar-refractivity contribution is -0.147. The number of carbonyl (C=O) groups is 1. The lowest BCUT2D eigenvalue weighted by atomic mass is 9.79. The van der Waals surface area contributed by atoms with Crippen molar-refractivity contribution in [1.82, 2.24) is 0 Å². The predicted molar refractivity (Wildman–Crippen MR) is 95.9 cm³/mol. The Morgan fingerprint density at radius 3 is 2.56 bits per heavy atom. The molecule has 0 amide bonds. The topological polar surface area (TPSA) is 54.0 Å². The van der Waals surface area contributed by atoms with E-state index in [2.05, 4.69) is 0 Å². The highest BCUT2D eigenvalue weighted by atomic mass is 16.7. The third kappa shape index (κ3) is 4.18. The summed E-state index contributed by atoms with van der Waals surface area (Å²) in [6, 6.07) is 7.85. The molecule has 1 saturated carbocycles. The Morgan fingerprint density at radius 2 is 1.96 bits per heavy atom. The Kier molecular flexibility index (Phi) is 5.39. The fourth-order valence-electron chi connectivity index (χ4n) is 3.42. The van der Waals surface area contributed by atoms with Gasteiger partial charge in [-0.2, -0.15) is 0 Å². The van der Waals surface area contributed by atoms with Crippen LogP contribution in [0.3, 0.4) is 0 Å². The molecule has 0 N–H and O–H groups in total. The van der Waals surface area contributed by atoms with Gasteiger partial charge in [0, 0.05) is 0 Å². The second kappa shape index (κ2) is 7.38. The van der Waals surface area contributed by atoms with E-state index in [0.29, 0.717) is 0 Å². The Balaban J connectivity index is 1.59. The smallest absolute Gasteiger partial charge is 0.490 e. The van der Waals surface area contributed by atoms with Crippen LogP contribution in [-0.2, 0) is 18.8 Å². The van der Waals surface area contributed by atoms with Gasteiger partial charge in [-0.1, -0.05) is 12.1 Å². The van der Waals surface area contributed by atoms with E-state index in [4.69, 9.17) is 18.8 Å². The van der Waals surface area contributed by atoms with Crippen LogP contribution in [0.4, 0.5) is 0 Å². The summed E-state index contributed by atoms with van der Waals surface area (Å²) in [5, 5.41) is 0. The van der Waals surface area contributed by atoms with Crippen molar-refractivity contribution < 1.29 is 23.6 Å². The second-order valence-electron chi connectivity index (χ2n) is 7.53. The van der Waals surface area contributed by atoms with Gasteiger partial charge < -0.3 is 18.8 Å². The number of hydrogen-bond donors (Lipinski definition) is 0. The zero-order valence-electron chi connectivity index (χ0n) is 15.5. The van der Waals surface area contributed by atoms with Gasteiger partial charge in [0.15, 0.2) is 0 Å². The molecule has 1 aromatic rings. The largest absolute Gasteiger partial charge is 0.494 e. The highest BCUT2D eigenvalue weighted by Crippen LogP contribution is 2.29. The normalized spacial score (nSPS) is 28.6. The van der Waals surface area contributed by atoms with Crippen LogP contribution in [0.2, 0.25) is 0 Å². The summed E-state index contributed by atoms with van der Waals surface area (Å²) in [7, 11) is 1.11. The molecule has 136 valence electrons. The first-order valence-electron chi connectivity index (χ1n) is 9.07. The van der Waals surface area contributed by atoms with Crippen molar-refractivity contribution >= 4 is 18.6 Å². The minimum Gasteiger partial charge on any atom is -0.490 e. The maximum absolute atomic E-state index is 11.7. The van der Waals surface area contributed by atoms with Gasteiger partial charge in [0.05, 0.1) is 30.8 Å². The molecule has 0 spiro atoms. The lowest BCUT2D eigenvalue weighted by Gasteiger charge is -2.28. The molecule has 1 saturated heterocycles. The van der Waals surface area contributed by atoms with Crippen LogP contribution in [0.25, 0.3) is 0 Å². The third-order valence-electron chi connectivity index (χ3n) is 5.33. The maximum atomic E-state index is 11.7. The molecule has 5 nitrogen and oxygen atoms in total. The van der Waals surface area contributed by atoms with E-state index < -0.39 is 0 Å². The van der Waals surface area contributed by atoms with Crippen LogP contribution in [0.15, 0.2) is 24.3 Å². The molecule has 1 unspecified atom stereocenters. The molecule has 0 aromatic heterocycles. The van der Waals surface area contributed by atoms with E-state index in [1.807, 2.05) is 45.0 Å². The Labute approximate surface area is 150 Å². The molecule has 3 atom stereocenters. The van der Waals surface area contributed by atoms with Crippen molar-refractivity contribution in [3.05, 3.63) is 24.3 Å². The first kappa shape index (κ1) is 18.3. The van der Waals surface area contributed by atoms with Gasteiger partial charge in [-0.3, -0.25) is 4.79 Å². The number of esters is 1. The van der Waals surface area contributed by atoms with Gasteiger partial charge in [0.1, 0.15) is 5.75 Å². The fraction of sp³-hybridized carbons (Fsp3) is 0.632. The van der Waals surface area contributed by atoms with E-state index in [9.17, 15) is 4.79 Å². The Bertz CT molecular complexity index is 600. The van der Waals surface area contributed by atoms with Crippen molar-refractivity contribution in [3.8, 4) is 5.75 Å². The highest BCUT2D eigenvalue weighted by molar-refractivity contribution is 6.62. The summed E-state index contributed by atoms with van der Waals surface area (Å²) in [6.45, 7) is 6.10. The monoisotopic (exact) mass is 346 g/mol. The molecular formula is C19H27BO5. The maximum Gasteiger partial charge on any atom is 0.494 e. The van der Waals surface area contributed by atoms with E-state index in [1.165, 1.54) is 7.11 Å². The average molecular weight is 346 g/mol. The first-order chi connectivity index (χ1) is 11.9. The van der Waals surface area contributed by atoms with Gasteiger partial charge in [-0.05, 0) is 64.1 Å². The second-order valence-corrected chi connectivity index (χ2v) is 7.53. The van der Waals surface area contributed by atoms with Crippen molar-refractivity contribution in [2.45, 2.75) is 64.3 Å². The van der Waals surface area contributed by atoms with E-state index in [1.54, 1.807) is 0 Å². The van der Waals surface area contributed by atoms with Gasteiger partial charge in [0.25, 0.3) is 0 Å². The van der Waals surface area contributed by atoms with Crippen molar-refractivity contribution in [3.63, 3.8) is 0 Å². The predicted octanol–water partition coefficient (Wildman–Crippen LogP) is 2.71. The number of ether oxygens (including phenoxy) is 2. The number of benzene rings is 1. The Morgan fingerprint density at radius 1 is 1.24 bits per heavy atom. The molecule has 0 bridgehead atoms. The summed E-state index contributed by atoms with van der Waals surface area (Å²) < 4.78 is 22.8. The Hall–Kier alpha value is -1.53. The fourth-order valence-corrected chi connectivity index (χ4v) is 3.42. The molecule has 6 heteroatoms. The van der Waals surface area contributed by atoms with Crippen LogP contribution in [0.5, 0.6) is 5.75 Å². The summed E-state index contributed by atoms with van der Waals surface area (Å²) >= 11 is 0. The standard InChI is InChI=1S/C19H27BO5/c1-13-19(2,3)25-20(24-13)15-8-10-16(11-9-15)23-17-7-5-6-14(12-17)18(21)22-4/h8-11,13-14,17H,5-7,12H2,1-4H3/t13?,14-,17-/m0/s1. The van der Waals surface area contributed by atoms with Crippen LogP contribution in [0.1, 0.15) is 46.5 Å². The van der Waals surface area contributed by atoms with Gasteiger partial charge >= 0.3 is 13.1 Å². The lowest BCUT2D eigenvalue weighted by Crippen LogP contribution is -2.34. The van der Waals surface area contributed by atoms with Crippen LogP contribution in [-0.4, -0.2) is 38.0 Å². The number of hydrogen-bond acceptors (Lipinski definition) is 5. The molecule has 25 heavy (non-hydrogen) atoms. The summed E-state index contributed by atoms with van der Waals surface area (Å²) in [5.74, 6) is 0.632. The van der Waals surface area contributed by atoms with Gasteiger partial charge in [-0.25, -0.2) is 0 Å². The van der Waals surface area contributed by atoms with E-state index >= 15 is 0 Å². The molecule has 3 rings (SSSR count). The molecule has 1 aliphatic carbocycles. The zero-order chi connectivity index (χ0) is 18.0. The minimum absolute atomic E-state index is 0.0471. The zero-order valence-corrected chi connectivity index (χ0v) is 15.5. The summed E-state index contributed by atoms with van der Waals surface area (Å²) in [5.41, 5.74) is 0.700. The summed E-state index contributed by atoms with van der Waals surface area (Å²) in [6.07, 6.45) is 3.66. The third-order valence-corrected chi connectivity index (χ3v) is 5.33. The van der Waals surface area contributed by atoms with E-state index in [0.717, 1.165) is 36.9 Å². The molecule has 1 aromatic carbocycles. The molecule has 1 aliphatic heterocycles. The van der Waals surface area contributed by atoms with Crippen LogP contribution < -0.4 is 10.2 Å². The first-order valence-corrected chi connectivity index (χ1v) is 9.07. The van der Waals surface area contributed by atoms with Crippen LogP contribution >= 0.6 is 0 Å². The SMILES string of the molecule is COC(=O)[C@H]1CCC[C@H](Oc2ccc(B3OC(C)C(C)(C)O3)cc2)C1. The quantitative estimate of drug-likeness (QED) is 0.620. The number of carbonyl (C=O) groups excluding carboxylic acids is 1. The van der Waals surface area contributed by atoms with Crippen molar-refractivity contribution in [2.24, 2.45) is 5.92 Å². The van der Waals surface area contributed by atoms with Gasteiger partial charge in [0.2, 0.25) is 0 Å². The van der Waals surface area contributed by atoms with E-state index in [-0.39, 0.29) is 36.8 Å². The average Bonchev–Trinajstić information content (AvgIpc) is 2.88. The van der Waals surface area contributed by atoms with Gasteiger partial charge in [-0.15, -0.1) is 0 Å². The molecule has 2 fully saturated rings. The van der Waals surface area contributed by atoms with Crippen molar-refractivity contribution in [1.29, 1.82) is 0 Å². The molecule has 2 aliphatic rings.